The van der Waals surface area contributed by atoms with Gasteiger partial charge in [0.05, 0.1) is 6.33 Å². The number of hydrogen-bond acceptors (Lipinski definition) is 9. The number of alkyl halides is 1. The fourth-order valence-corrected chi connectivity index (χ4v) is 4.15. The number of halogens is 1. The number of anilines is 1. The van der Waals surface area contributed by atoms with Gasteiger partial charge < -0.3 is 30.1 Å². The highest BCUT2D eigenvalue weighted by Crippen LogP contribution is 2.34. The Kier molecular flexibility index (Phi) is 9.07. The van der Waals surface area contributed by atoms with E-state index >= 15 is 4.39 Å². The Labute approximate surface area is 231 Å². The van der Waals surface area contributed by atoms with Crippen molar-refractivity contribution >= 4 is 29.0 Å². The molecule has 2 amide bonds. The minimum Gasteiger partial charge on any atom is -0.444 e. The lowest BCUT2D eigenvalue weighted by Crippen LogP contribution is -2.37. The van der Waals surface area contributed by atoms with E-state index < -0.39 is 36.3 Å². The largest absolute Gasteiger partial charge is 0.444 e. The minimum atomic E-state index is -1.73. The van der Waals surface area contributed by atoms with Crippen LogP contribution in [0.15, 0.2) is 55.1 Å². The fraction of sp³-hybridized carbons (Fsp3) is 0.444. The molecule has 2 aromatic heterocycles. The molecule has 0 radical (unpaired) electrons. The fourth-order valence-electron chi connectivity index (χ4n) is 4.15. The number of carbonyl (C=O) groups is 2. The number of aliphatic hydroxyl groups excluding tert-OH is 1. The van der Waals surface area contributed by atoms with Crippen molar-refractivity contribution in [3.05, 3.63) is 60.7 Å². The summed E-state index contributed by atoms with van der Waals surface area (Å²) >= 11 is 0. The maximum atomic E-state index is 15.2. The van der Waals surface area contributed by atoms with E-state index in [1.54, 1.807) is 57.2 Å². The summed E-state index contributed by atoms with van der Waals surface area (Å²) in [5.74, 6) is -0.195. The molecule has 1 aliphatic heterocycles. The number of benzene rings is 1. The van der Waals surface area contributed by atoms with Crippen LogP contribution in [-0.4, -0.2) is 92.2 Å². The molecule has 0 bridgehead atoms. The number of nitrogens with one attached hydrogen (secondary N) is 2. The van der Waals surface area contributed by atoms with Crippen LogP contribution in [0.5, 0.6) is 0 Å². The number of nitrogens with zero attached hydrogens (tertiary/aromatic N) is 5. The van der Waals surface area contributed by atoms with Crippen molar-refractivity contribution < 1.29 is 28.6 Å². The molecule has 4 atom stereocenters. The van der Waals surface area contributed by atoms with Crippen LogP contribution in [0.25, 0.3) is 11.2 Å². The first-order valence-corrected chi connectivity index (χ1v) is 12.9. The molecule has 0 unspecified atom stereocenters. The second kappa shape index (κ2) is 12.5. The maximum absolute atomic E-state index is 15.2. The van der Waals surface area contributed by atoms with E-state index in [0.29, 0.717) is 18.7 Å². The van der Waals surface area contributed by atoms with Crippen LogP contribution >= 0.6 is 0 Å². The first kappa shape index (κ1) is 29.1. The number of aliphatic hydroxyl groups is 1. The summed E-state index contributed by atoms with van der Waals surface area (Å²) in [6, 6.07) is 8.64. The van der Waals surface area contributed by atoms with Crippen molar-refractivity contribution in [2.24, 2.45) is 0 Å². The molecule has 1 aliphatic rings. The zero-order valence-electron chi connectivity index (χ0n) is 22.8. The Morgan fingerprint density at radius 2 is 1.95 bits per heavy atom. The highest BCUT2D eigenvalue weighted by Gasteiger charge is 2.46. The van der Waals surface area contributed by atoms with Crippen LogP contribution < -0.4 is 10.6 Å². The molecule has 1 aromatic carbocycles. The topological polar surface area (TPSA) is 144 Å². The maximum Gasteiger partial charge on any atom is 0.407 e. The molecular weight excluding hydrogens is 521 g/mol. The Balaban J connectivity index is 1.35. The summed E-state index contributed by atoms with van der Waals surface area (Å²) < 4.78 is 27.7. The first-order valence-electron chi connectivity index (χ1n) is 12.9. The molecule has 214 valence electrons. The van der Waals surface area contributed by atoms with Gasteiger partial charge in [0.2, 0.25) is 0 Å². The van der Waals surface area contributed by atoms with Gasteiger partial charge in [0.15, 0.2) is 29.4 Å². The molecule has 0 aliphatic carbocycles. The summed E-state index contributed by atoms with van der Waals surface area (Å²) in [5.41, 5.74) is 0.398. The van der Waals surface area contributed by atoms with Crippen molar-refractivity contribution in [2.45, 2.75) is 51.0 Å². The van der Waals surface area contributed by atoms with Crippen molar-refractivity contribution in [3.63, 3.8) is 0 Å². The predicted molar refractivity (Wildman–Crippen MR) is 145 cm³/mol. The van der Waals surface area contributed by atoms with E-state index in [1.807, 2.05) is 18.0 Å². The van der Waals surface area contributed by atoms with Crippen LogP contribution in [0, 0.1) is 0 Å². The van der Waals surface area contributed by atoms with Gasteiger partial charge in [-0.15, -0.1) is 0 Å². The molecule has 3 aromatic rings. The number of amides is 2. The summed E-state index contributed by atoms with van der Waals surface area (Å²) in [6.45, 7) is 6.39. The van der Waals surface area contributed by atoms with Gasteiger partial charge in [-0.05, 0) is 40.0 Å². The van der Waals surface area contributed by atoms with Gasteiger partial charge in [0.25, 0.3) is 5.91 Å². The van der Waals surface area contributed by atoms with Gasteiger partial charge in [-0.2, -0.15) is 0 Å². The SMILES string of the molecule is CN(C/C=C\CNC(=O)OC(C)(C)C)C[C@H]1O[C@@H](n2cnc3c(NC(=O)c4ccccc4)ncnc32)[C@@H](F)[C@@H]1O. The average molecular weight is 556 g/mol. The standard InChI is InChI=1S/C27H34FN7O5/c1-27(2,3)40-26(38)29-12-8-9-13-34(4)14-18-21(36)19(28)25(39-18)35-16-32-20-22(30-15-31-23(20)35)33-24(37)17-10-6-5-7-11-17/h5-11,15-16,18-19,21,25,36H,12-14H2,1-4H3,(H,29,38)(H,30,31,33,37)/b9-8-/t18-,19+,21-,25-/m1/s1. The van der Waals surface area contributed by atoms with Crippen molar-refractivity contribution in [1.29, 1.82) is 0 Å². The summed E-state index contributed by atoms with van der Waals surface area (Å²) in [5, 5.41) is 15.9. The third-order valence-electron chi connectivity index (χ3n) is 6.03. The third kappa shape index (κ3) is 7.17. The highest BCUT2D eigenvalue weighted by molar-refractivity contribution is 6.06. The Hall–Kier alpha value is -3.94. The molecule has 1 fully saturated rings. The number of alkyl carbamates (subject to hydrolysis) is 1. The van der Waals surface area contributed by atoms with Crippen LogP contribution in [0.4, 0.5) is 15.0 Å². The summed E-state index contributed by atoms with van der Waals surface area (Å²) in [4.78, 5) is 38.8. The number of aromatic nitrogens is 4. The predicted octanol–water partition coefficient (Wildman–Crippen LogP) is 2.69. The normalized spacial score (nSPS) is 21.3. The van der Waals surface area contributed by atoms with Gasteiger partial charge in [-0.1, -0.05) is 30.4 Å². The number of ether oxygens (including phenoxy) is 2. The van der Waals surface area contributed by atoms with Crippen LogP contribution in [-0.2, 0) is 9.47 Å². The summed E-state index contributed by atoms with van der Waals surface area (Å²) in [6.07, 6.45) is 0.630. The van der Waals surface area contributed by atoms with Crippen molar-refractivity contribution in [3.8, 4) is 0 Å². The monoisotopic (exact) mass is 555 g/mol. The summed E-state index contributed by atoms with van der Waals surface area (Å²) in [7, 11) is 1.81. The van der Waals surface area contributed by atoms with Crippen molar-refractivity contribution in [1.82, 2.24) is 29.7 Å². The molecular formula is C27H34FN7O5. The molecule has 40 heavy (non-hydrogen) atoms. The molecule has 4 rings (SSSR count). The van der Waals surface area contributed by atoms with Gasteiger partial charge in [-0.3, -0.25) is 9.36 Å². The second-order valence-corrected chi connectivity index (χ2v) is 10.4. The van der Waals surface area contributed by atoms with E-state index in [2.05, 4.69) is 25.6 Å². The molecule has 1 saturated heterocycles. The lowest BCUT2D eigenvalue weighted by Gasteiger charge is -2.21. The number of hydrogen-bond donors (Lipinski definition) is 3. The second-order valence-electron chi connectivity index (χ2n) is 10.4. The number of fused-ring (bicyclic) bond motifs is 1. The molecule has 0 spiro atoms. The Morgan fingerprint density at radius 3 is 2.67 bits per heavy atom. The smallest absolute Gasteiger partial charge is 0.407 e. The first-order chi connectivity index (χ1) is 19.0. The quantitative estimate of drug-likeness (QED) is 0.340. The lowest BCUT2D eigenvalue weighted by atomic mass is 10.1. The average Bonchev–Trinajstić information content (AvgIpc) is 3.45. The third-order valence-corrected chi connectivity index (χ3v) is 6.03. The lowest BCUT2D eigenvalue weighted by molar-refractivity contribution is -0.0330. The van der Waals surface area contributed by atoms with Gasteiger partial charge >= 0.3 is 6.09 Å². The van der Waals surface area contributed by atoms with Crippen LogP contribution in [0.3, 0.4) is 0 Å². The molecule has 3 heterocycles. The van der Waals surface area contributed by atoms with E-state index in [1.165, 1.54) is 17.2 Å². The number of rotatable bonds is 9. The number of likely N-dealkylation sites (N-methyl/N-ethyl adjacent to an activating group) is 1. The Morgan fingerprint density at radius 1 is 1.20 bits per heavy atom. The zero-order chi connectivity index (χ0) is 28.9. The molecule has 12 nitrogen and oxygen atoms in total. The number of imidazole rings is 1. The van der Waals surface area contributed by atoms with E-state index in [0.717, 1.165) is 0 Å². The van der Waals surface area contributed by atoms with E-state index in [9.17, 15) is 14.7 Å². The van der Waals surface area contributed by atoms with Gasteiger partial charge in [0.1, 0.15) is 24.1 Å². The number of carbonyl (C=O) groups excluding carboxylic acids is 2. The Bertz CT molecular complexity index is 1340. The van der Waals surface area contributed by atoms with Gasteiger partial charge in [0, 0.05) is 25.2 Å². The van der Waals surface area contributed by atoms with E-state index in [4.69, 9.17) is 9.47 Å². The molecule has 0 saturated carbocycles. The molecule has 13 heteroatoms. The zero-order valence-corrected chi connectivity index (χ0v) is 22.8. The van der Waals surface area contributed by atoms with Crippen LogP contribution in [0.2, 0.25) is 0 Å². The van der Waals surface area contributed by atoms with E-state index in [-0.39, 0.29) is 29.4 Å². The molecule has 3 N–H and O–H groups in total. The minimum absolute atomic E-state index is 0.177. The van der Waals surface area contributed by atoms with Crippen molar-refractivity contribution in [2.75, 3.05) is 32.0 Å². The van der Waals surface area contributed by atoms with Gasteiger partial charge in [-0.25, -0.2) is 24.1 Å². The highest BCUT2D eigenvalue weighted by atomic mass is 19.1. The van der Waals surface area contributed by atoms with Crippen LogP contribution in [0.1, 0.15) is 37.4 Å².